The highest BCUT2D eigenvalue weighted by atomic mass is 79.9. The molecular formula is C10H15BrO. The molecule has 1 nitrogen and oxygen atoms in total. The zero-order valence-corrected chi connectivity index (χ0v) is 8.96. The maximum atomic E-state index is 5.62. The molecule has 3 fully saturated rings. The lowest BCUT2D eigenvalue weighted by molar-refractivity contribution is 0.000715. The molecule has 3 rings (SSSR count). The first-order chi connectivity index (χ1) is 5.83. The largest absolute Gasteiger partial charge is 0.381 e. The average molecular weight is 231 g/mol. The minimum Gasteiger partial charge on any atom is -0.381 e. The molecule has 0 aromatic heterocycles. The molecule has 6 atom stereocenters. The van der Waals surface area contributed by atoms with Gasteiger partial charge in [0, 0.05) is 11.9 Å². The van der Waals surface area contributed by atoms with Crippen LogP contribution < -0.4 is 0 Å². The second kappa shape index (κ2) is 2.48. The van der Waals surface area contributed by atoms with Crippen molar-refractivity contribution in [2.75, 3.05) is 7.11 Å². The topological polar surface area (TPSA) is 9.23 Å². The van der Waals surface area contributed by atoms with Crippen LogP contribution in [-0.4, -0.2) is 18.0 Å². The highest BCUT2D eigenvalue weighted by molar-refractivity contribution is 9.09. The Labute approximate surface area is 82.0 Å². The summed E-state index contributed by atoms with van der Waals surface area (Å²) < 4.78 is 5.62. The van der Waals surface area contributed by atoms with Crippen molar-refractivity contribution < 1.29 is 4.74 Å². The van der Waals surface area contributed by atoms with Gasteiger partial charge in [-0.1, -0.05) is 15.9 Å². The van der Waals surface area contributed by atoms with E-state index < -0.39 is 0 Å². The standard InChI is InChI=1S/C10H15BrO/c1-12-10-6-3-2-5-7(9(5)10)4-8(6)11/h5-10H,2-4H2,1H3/t5-,6+,7?,8+,9?,10+/m0/s1. The molecule has 0 aromatic rings. The van der Waals surface area contributed by atoms with Crippen molar-refractivity contribution in [3.8, 4) is 0 Å². The van der Waals surface area contributed by atoms with Gasteiger partial charge in [-0.2, -0.15) is 0 Å². The fourth-order valence-electron chi connectivity index (χ4n) is 3.69. The first-order valence-electron chi connectivity index (χ1n) is 5.00. The molecule has 68 valence electrons. The third kappa shape index (κ3) is 0.832. The molecule has 3 aliphatic rings. The lowest BCUT2D eigenvalue weighted by Gasteiger charge is -2.35. The van der Waals surface area contributed by atoms with E-state index in [0.717, 1.165) is 28.5 Å². The van der Waals surface area contributed by atoms with Crippen molar-refractivity contribution in [1.29, 1.82) is 0 Å². The number of methoxy groups -OCH3 is 1. The summed E-state index contributed by atoms with van der Waals surface area (Å²) in [4.78, 5) is 0.746. The average Bonchev–Trinajstić information content (AvgIpc) is 2.79. The molecule has 12 heavy (non-hydrogen) atoms. The van der Waals surface area contributed by atoms with E-state index in [1.54, 1.807) is 0 Å². The molecule has 2 unspecified atom stereocenters. The third-order valence-corrected chi connectivity index (χ3v) is 5.32. The summed E-state index contributed by atoms with van der Waals surface area (Å²) in [6.07, 6.45) is 4.88. The van der Waals surface area contributed by atoms with Gasteiger partial charge in [0.05, 0.1) is 6.10 Å². The van der Waals surface area contributed by atoms with Gasteiger partial charge in [0.1, 0.15) is 0 Å². The Hall–Kier alpha value is 0.440. The fraction of sp³-hybridized carbons (Fsp3) is 1.00. The maximum Gasteiger partial charge on any atom is 0.0643 e. The monoisotopic (exact) mass is 230 g/mol. The Morgan fingerprint density at radius 1 is 1.17 bits per heavy atom. The van der Waals surface area contributed by atoms with Crippen LogP contribution in [0.4, 0.5) is 0 Å². The number of alkyl halides is 1. The molecule has 3 saturated carbocycles. The highest BCUT2D eigenvalue weighted by Gasteiger charge is 2.63. The number of rotatable bonds is 1. The quantitative estimate of drug-likeness (QED) is 0.630. The van der Waals surface area contributed by atoms with Crippen molar-refractivity contribution in [3.05, 3.63) is 0 Å². The van der Waals surface area contributed by atoms with Gasteiger partial charge in [-0.15, -0.1) is 0 Å². The van der Waals surface area contributed by atoms with E-state index in [2.05, 4.69) is 15.9 Å². The summed E-state index contributed by atoms with van der Waals surface area (Å²) in [6.45, 7) is 0. The van der Waals surface area contributed by atoms with E-state index in [0.29, 0.717) is 6.10 Å². The van der Waals surface area contributed by atoms with Crippen LogP contribution in [0, 0.1) is 23.7 Å². The SMILES string of the molecule is CO[C@H]1C2C3C[C@@H](Br)[C@H]1CC[C@@H]32. The van der Waals surface area contributed by atoms with E-state index >= 15 is 0 Å². The summed E-state index contributed by atoms with van der Waals surface area (Å²) in [5, 5.41) is 0. The summed E-state index contributed by atoms with van der Waals surface area (Å²) in [7, 11) is 1.89. The first-order valence-corrected chi connectivity index (χ1v) is 5.91. The highest BCUT2D eigenvalue weighted by Crippen LogP contribution is 2.65. The van der Waals surface area contributed by atoms with Crippen LogP contribution in [0.15, 0.2) is 0 Å². The molecule has 2 bridgehead atoms. The van der Waals surface area contributed by atoms with E-state index in [1.807, 2.05) is 7.11 Å². The van der Waals surface area contributed by atoms with Gasteiger partial charge in [0.15, 0.2) is 0 Å². The van der Waals surface area contributed by atoms with Gasteiger partial charge in [-0.05, 0) is 42.9 Å². The van der Waals surface area contributed by atoms with Crippen LogP contribution >= 0.6 is 15.9 Å². The molecule has 0 aromatic carbocycles. The molecule has 0 spiro atoms. The van der Waals surface area contributed by atoms with Crippen LogP contribution in [0.2, 0.25) is 0 Å². The van der Waals surface area contributed by atoms with Gasteiger partial charge >= 0.3 is 0 Å². The number of hydrogen-bond donors (Lipinski definition) is 0. The van der Waals surface area contributed by atoms with E-state index in [-0.39, 0.29) is 0 Å². The van der Waals surface area contributed by atoms with Gasteiger partial charge in [0.25, 0.3) is 0 Å². The van der Waals surface area contributed by atoms with Crippen LogP contribution in [0.3, 0.4) is 0 Å². The van der Waals surface area contributed by atoms with Crippen LogP contribution in [-0.2, 0) is 4.74 Å². The van der Waals surface area contributed by atoms with Crippen molar-refractivity contribution >= 4 is 15.9 Å². The smallest absolute Gasteiger partial charge is 0.0643 e. The number of halogens is 1. The van der Waals surface area contributed by atoms with Gasteiger partial charge in [0.2, 0.25) is 0 Å². The lowest BCUT2D eigenvalue weighted by Crippen LogP contribution is -2.37. The summed E-state index contributed by atoms with van der Waals surface area (Å²) in [5.74, 6) is 3.81. The van der Waals surface area contributed by atoms with Crippen molar-refractivity contribution in [1.82, 2.24) is 0 Å². The second-order valence-corrected chi connectivity index (χ2v) is 5.77. The summed E-state index contributed by atoms with van der Waals surface area (Å²) in [5.41, 5.74) is 0. The van der Waals surface area contributed by atoms with Gasteiger partial charge < -0.3 is 4.74 Å². The van der Waals surface area contributed by atoms with Crippen LogP contribution in [0.1, 0.15) is 19.3 Å². The normalized spacial score (nSPS) is 61.5. The molecule has 2 heteroatoms. The molecule has 0 heterocycles. The number of fused-ring (bicyclic) bond motifs is 2. The van der Waals surface area contributed by atoms with Gasteiger partial charge in [-0.3, -0.25) is 0 Å². The molecule has 3 aliphatic carbocycles. The zero-order valence-electron chi connectivity index (χ0n) is 7.37. The lowest BCUT2D eigenvalue weighted by atomic mass is 9.81. The zero-order chi connectivity index (χ0) is 8.29. The Morgan fingerprint density at radius 2 is 1.92 bits per heavy atom. The van der Waals surface area contributed by atoms with E-state index in [4.69, 9.17) is 4.74 Å². The van der Waals surface area contributed by atoms with Crippen molar-refractivity contribution in [3.63, 3.8) is 0 Å². The third-order valence-electron chi connectivity index (χ3n) is 4.27. The maximum absolute atomic E-state index is 5.62. The summed E-state index contributed by atoms with van der Waals surface area (Å²) >= 11 is 3.81. The Morgan fingerprint density at radius 3 is 2.67 bits per heavy atom. The predicted octanol–water partition coefficient (Wildman–Crippen LogP) is 2.44. The second-order valence-electron chi connectivity index (χ2n) is 4.60. The molecule has 0 radical (unpaired) electrons. The minimum atomic E-state index is 0.590. The predicted molar refractivity (Wildman–Crippen MR) is 51.3 cm³/mol. The Kier molecular flexibility index (Phi) is 1.61. The molecular weight excluding hydrogens is 216 g/mol. The van der Waals surface area contributed by atoms with E-state index in [1.165, 1.54) is 19.3 Å². The summed E-state index contributed by atoms with van der Waals surface area (Å²) in [6, 6.07) is 0. The molecule has 0 aliphatic heterocycles. The first kappa shape index (κ1) is 7.81. The Bertz CT molecular complexity index is 206. The minimum absolute atomic E-state index is 0.590. The fourth-order valence-corrected chi connectivity index (χ4v) is 4.69. The Balaban J connectivity index is 1.89. The molecule has 0 N–H and O–H groups in total. The van der Waals surface area contributed by atoms with E-state index in [9.17, 15) is 0 Å². The molecule has 0 saturated heterocycles. The van der Waals surface area contributed by atoms with Gasteiger partial charge in [-0.25, -0.2) is 0 Å². The number of hydrogen-bond acceptors (Lipinski definition) is 1. The molecule has 0 amide bonds. The van der Waals surface area contributed by atoms with Crippen molar-refractivity contribution in [2.45, 2.75) is 30.2 Å². The van der Waals surface area contributed by atoms with Crippen LogP contribution in [0.25, 0.3) is 0 Å². The van der Waals surface area contributed by atoms with Crippen LogP contribution in [0.5, 0.6) is 0 Å². The number of ether oxygens (including phenoxy) is 1. The van der Waals surface area contributed by atoms with Crippen molar-refractivity contribution in [2.24, 2.45) is 23.7 Å².